The van der Waals surface area contributed by atoms with Gasteiger partial charge in [-0.3, -0.25) is 0 Å². The van der Waals surface area contributed by atoms with Crippen LogP contribution in [0.1, 0.15) is 10.4 Å². The van der Waals surface area contributed by atoms with E-state index in [4.69, 9.17) is 23.2 Å². The molecule has 0 fully saturated rings. The zero-order valence-electron chi connectivity index (χ0n) is 9.79. The lowest BCUT2D eigenvalue weighted by molar-refractivity contribution is 0.932. The van der Waals surface area contributed by atoms with Crippen molar-refractivity contribution in [3.63, 3.8) is 0 Å². The minimum absolute atomic E-state index is 0.491. The van der Waals surface area contributed by atoms with Gasteiger partial charge in [-0.05, 0) is 39.7 Å². The van der Waals surface area contributed by atoms with Crippen LogP contribution in [-0.2, 0) is 12.4 Å². The molecule has 1 aromatic carbocycles. The van der Waals surface area contributed by atoms with Gasteiger partial charge < -0.3 is 4.90 Å². The van der Waals surface area contributed by atoms with Crippen LogP contribution in [-0.4, -0.2) is 7.05 Å². The first-order valence-electron chi connectivity index (χ1n) is 5.38. The molecule has 0 atom stereocenters. The highest BCUT2D eigenvalue weighted by Gasteiger charge is 2.09. The van der Waals surface area contributed by atoms with E-state index < -0.39 is 0 Å². The standard InChI is InChI=1S/C13H12BrCl2NS/c1-17(7-12-4-10(14)8-18-12)13-5-11(16)3-2-9(13)6-15/h2-5,8H,6-7H2,1H3. The van der Waals surface area contributed by atoms with Gasteiger partial charge in [0.1, 0.15) is 0 Å². The Morgan fingerprint density at radius 2 is 2.11 bits per heavy atom. The first-order valence-corrected chi connectivity index (χ1v) is 7.97. The second-order valence-electron chi connectivity index (χ2n) is 3.99. The first kappa shape index (κ1) is 14.2. The predicted octanol–water partition coefficient (Wildman–Crippen LogP) is 5.54. The van der Waals surface area contributed by atoms with Crippen LogP contribution in [0.25, 0.3) is 0 Å². The van der Waals surface area contributed by atoms with Crippen LogP contribution in [0.15, 0.2) is 34.1 Å². The highest BCUT2D eigenvalue weighted by Crippen LogP contribution is 2.28. The molecule has 0 aliphatic carbocycles. The molecule has 0 N–H and O–H groups in total. The Labute approximate surface area is 129 Å². The molecule has 0 saturated carbocycles. The summed E-state index contributed by atoms with van der Waals surface area (Å²) in [5, 5.41) is 2.82. The second kappa shape index (κ2) is 6.29. The molecule has 0 radical (unpaired) electrons. The van der Waals surface area contributed by atoms with Crippen LogP contribution < -0.4 is 4.90 Å². The number of benzene rings is 1. The quantitative estimate of drug-likeness (QED) is 0.644. The minimum Gasteiger partial charge on any atom is -0.369 e. The smallest absolute Gasteiger partial charge is 0.0520 e. The molecular weight excluding hydrogens is 353 g/mol. The number of alkyl halides is 1. The molecule has 0 aliphatic heterocycles. The number of hydrogen-bond acceptors (Lipinski definition) is 2. The van der Waals surface area contributed by atoms with Crippen molar-refractivity contribution >= 4 is 56.2 Å². The first-order chi connectivity index (χ1) is 8.60. The zero-order chi connectivity index (χ0) is 13.1. The van der Waals surface area contributed by atoms with E-state index in [1.807, 2.05) is 18.2 Å². The molecule has 18 heavy (non-hydrogen) atoms. The Kier molecular flexibility index (Phi) is 4.96. The molecular formula is C13H12BrCl2NS. The van der Waals surface area contributed by atoms with E-state index in [0.29, 0.717) is 5.88 Å². The number of thiophene rings is 1. The van der Waals surface area contributed by atoms with Gasteiger partial charge in [-0.15, -0.1) is 22.9 Å². The fourth-order valence-corrected chi connectivity index (χ4v) is 3.66. The van der Waals surface area contributed by atoms with Crippen molar-refractivity contribution in [1.82, 2.24) is 0 Å². The molecule has 1 nitrogen and oxygen atoms in total. The van der Waals surface area contributed by atoms with Crippen molar-refractivity contribution in [1.29, 1.82) is 0 Å². The van der Waals surface area contributed by atoms with E-state index in [0.717, 1.165) is 27.3 Å². The number of hydrogen-bond donors (Lipinski definition) is 0. The fourth-order valence-electron chi connectivity index (χ4n) is 1.76. The third-order valence-corrected chi connectivity index (χ3v) is 4.82. The van der Waals surface area contributed by atoms with E-state index in [1.54, 1.807) is 11.3 Å². The predicted molar refractivity (Wildman–Crippen MR) is 85.1 cm³/mol. The third-order valence-electron chi connectivity index (χ3n) is 2.62. The highest BCUT2D eigenvalue weighted by molar-refractivity contribution is 9.10. The Hall–Kier alpha value is -0.220. The van der Waals surface area contributed by atoms with Crippen LogP contribution in [0, 0.1) is 0 Å². The number of halogens is 3. The van der Waals surface area contributed by atoms with Gasteiger partial charge in [-0.1, -0.05) is 17.7 Å². The maximum atomic E-state index is 6.05. The molecule has 0 saturated heterocycles. The normalized spacial score (nSPS) is 10.7. The van der Waals surface area contributed by atoms with Crippen LogP contribution in [0.4, 0.5) is 5.69 Å². The molecule has 0 amide bonds. The average molecular weight is 365 g/mol. The molecule has 96 valence electrons. The Balaban J connectivity index is 2.22. The van der Waals surface area contributed by atoms with Gasteiger partial charge in [-0.25, -0.2) is 0 Å². The number of anilines is 1. The van der Waals surface area contributed by atoms with Gasteiger partial charge >= 0.3 is 0 Å². The summed E-state index contributed by atoms with van der Waals surface area (Å²) in [4.78, 5) is 3.46. The molecule has 0 unspecified atom stereocenters. The molecule has 2 rings (SSSR count). The Morgan fingerprint density at radius 1 is 1.33 bits per heavy atom. The molecule has 0 aliphatic rings. The summed E-state index contributed by atoms with van der Waals surface area (Å²) in [7, 11) is 2.05. The second-order valence-corrected chi connectivity index (χ2v) is 6.61. The van der Waals surface area contributed by atoms with E-state index in [2.05, 4.69) is 39.3 Å². The summed E-state index contributed by atoms with van der Waals surface area (Å²) in [6.07, 6.45) is 0. The van der Waals surface area contributed by atoms with Crippen molar-refractivity contribution < 1.29 is 0 Å². The maximum Gasteiger partial charge on any atom is 0.0520 e. The van der Waals surface area contributed by atoms with Gasteiger partial charge in [0.2, 0.25) is 0 Å². The lowest BCUT2D eigenvalue weighted by atomic mass is 10.2. The molecule has 0 spiro atoms. The van der Waals surface area contributed by atoms with Gasteiger partial charge in [0.25, 0.3) is 0 Å². The fraction of sp³-hybridized carbons (Fsp3) is 0.231. The summed E-state index contributed by atoms with van der Waals surface area (Å²) < 4.78 is 1.12. The highest BCUT2D eigenvalue weighted by atomic mass is 79.9. The summed E-state index contributed by atoms with van der Waals surface area (Å²) in [5.41, 5.74) is 2.18. The monoisotopic (exact) mass is 363 g/mol. The summed E-state index contributed by atoms with van der Waals surface area (Å²) in [6.45, 7) is 0.848. The van der Waals surface area contributed by atoms with Gasteiger partial charge in [0.05, 0.1) is 6.54 Å². The van der Waals surface area contributed by atoms with E-state index in [9.17, 15) is 0 Å². The summed E-state index contributed by atoms with van der Waals surface area (Å²) >= 11 is 17.2. The van der Waals surface area contributed by atoms with Gasteiger partial charge in [0, 0.05) is 38.4 Å². The topological polar surface area (TPSA) is 3.24 Å². The molecule has 1 heterocycles. The van der Waals surface area contributed by atoms with Crippen molar-refractivity contribution in [3.05, 3.63) is 49.6 Å². The largest absolute Gasteiger partial charge is 0.369 e. The van der Waals surface area contributed by atoms with Crippen molar-refractivity contribution in [2.75, 3.05) is 11.9 Å². The van der Waals surface area contributed by atoms with Crippen LogP contribution in [0.5, 0.6) is 0 Å². The molecule has 0 bridgehead atoms. The average Bonchev–Trinajstić information content (AvgIpc) is 2.74. The van der Waals surface area contributed by atoms with Crippen molar-refractivity contribution in [2.24, 2.45) is 0 Å². The summed E-state index contributed by atoms with van der Waals surface area (Å²) in [5.74, 6) is 0.491. The van der Waals surface area contributed by atoms with E-state index >= 15 is 0 Å². The molecule has 2 aromatic rings. The lowest BCUT2D eigenvalue weighted by Crippen LogP contribution is -2.17. The van der Waals surface area contributed by atoms with Crippen LogP contribution >= 0.6 is 50.5 Å². The maximum absolute atomic E-state index is 6.05. The van der Waals surface area contributed by atoms with Gasteiger partial charge in [0.15, 0.2) is 0 Å². The SMILES string of the molecule is CN(Cc1cc(Br)cs1)c1cc(Cl)ccc1CCl. The summed E-state index contributed by atoms with van der Waals surface area (Å²) in [6, 6.07) is 7.94. The number of rotatable bonds is 4. The van der Waals surface area contributed by atoms with Crippen LogP contribution in [0.2, 0.25) is 5.02 Å². The minimum atomic E-state index is 0.491. The zero-order valence-corrected chi connectivity index (χ0v) is 13.7. The van der Waals surface area contributed by atoms with Crippen LogP contribution in [0.3, 0.4) is 0 Å². The Morgan fingerprint density at radius 3 is 2.72 bits per heavy atom. The van der Waals surface area contributed by atoms with Crippen molar-refractivity contribution in [2.45, 2.75) is 12.4 Å². The Bertz CT molecular complexity index is 542. The van der Waals surface area contributed by atoms with E-state index in [1.165, 1.54) is 4.88 Å². The van der Waals surface area contributed by atoms with Gasteiger partial charge in [-0.2, -0.15) is 0 Å². The molecule has 5 heteroatoms. The van der Waals surface area contributed by atoms with E-state index in [-0.39, 0.29) is 0 Å². The lowest BCUT2D eigenvalue weighted by Gasteiger charge is -2.21. The van der Waals surface area contributed by atoms with Crippen molar-refractivity contribution in [3.8, 4) is 0 Å². The third kappa shape index (κ3) is 3.41. The number of nitrogens with zero attached hydrogens (tertiary/aromatic N) is 1. The molecule has 1 aromatic heterocycles.